The quantitative estimate of drug-likeness (QED) is 0.142. The normalized spacial score (nSPS) is 21.3. The second kappa shape index (κ2) is 17.4. The van der Waals surface area contributed by atoms with E-state index in [0.29, 0.717) is 0 Å². The first-order valence-corrected chi connectivity index (χ1v) is 26.5. The third-order valence-electron chi connectivity index (χ3n) is 17.2. The van der Waals surface area contributed by atoms with Gasteiger partial charge < -0.3 is 5.73 Å². The van der Waals surface area contributed by atoms with Crippen molar-refractivity contribution in [1.82, 2.24) is 5.32 Å². The molecule has 0 aromatic heterocycles. The summed E-state index contributed by atoms with van der Waals surface area (Å²) in [5.41, 5.74) is 34.9. The SMILES string of the molecule is CNC1(N)c2ccccc2-c2ccc(C(C3=CC=CCC3)c3ccc4c(c3)C(c3cccc5c3C3=CCCC=C3C5(c3ccccc3)c3cc(-c5ccccc5)cc(-c5ccccc5)c3)C3=CCCC=C34)cc21. The summed E-state index contributed by atoms with van der Waals surface area (Å²) < 4.78 is 0. The molecule has 0 saturated carbocycles. The van der Waals surface area contributed by atoms with Gasteiger partial charge in [-0.05, 0) is 181 Å². The van der Waals surface area contributed by atoms with Gasteiger partial charge in [0.25, 0.3) is 0 Å². The molecule has 4 atom stereocenters. The molecule has 0 aliphatic heterocycles. The summed E-state index contributed by atoms with van der Waals surface area (Å²) >= 11 is 0. The monoisotopic (exact) mass is 938 g/mol. The molecule has 0 fully saturated rings. The number of hydrogen-bond donors (Lipinski definition) is 2. The van der Waals surface area contributed by atoms with Crippen molar-refractivity contribution in [3.63, 3.8) is 0 Å². The van der Waals surface area contributed by atoms with E-state index >= 15 is 0 Å². The molecule has 8 aromatic rings. The Morgan fingerprint density at radius 2 is 1.12 bits per heavy atom. The highest BCUT2D eigenvalue weighted by molar-refractivity contribution is 5.99. The fraction of sp³-hybridized carbons (Fsp3) is 0.155. The Balaban J connectivity index is 0.988. The number of fused-ring (bicyclic) bond motifs is 9. The summed E-state index contributed by atoms with van der Waals surface area (Å²) in [6.07, 6.45) is 23.4. The van der Waals surface area contributed by atoms with Crippen molar-refractivity contribution in [2.24, 2.45) is 5.73 Å². The van der Waals surface area contributed by atoms with Crippen LogP contribution in [0, 0.1) is 0 Å². The van der Waals surface area contributed by atoms with Gasteiger partial charge in [0.1, 0.15) is 5.66 Å². The van der Waals surface area contributed by atoms with Crippen molar-refractivity contribution in [3.8, 4) is 33.4 Å². The highest BCUT2D eigenvalue weighted by Gasteiger charge is 2.51. The van der Waals surface area contributed by atoms with E-state index in [1.807, 2.05) is 7.05 Å². The Bertz CT molecular complexity index is 3670. The second-order valence-electron chi connectivity index (χ2n) is 20.9. The predicted octanol–water partition coefficient (Wildman–Crippen LogP) is 16.5. The van der Waals surface area contributed by atoms with Gasteiger partial charge in [-0.15, -0.1) is 0 Å². The Morgan fingerprint density at radius 1 is 0.493 bits per heavy atom. The lowest BCUT2D eigenvalue weighted by molar-refractivity contribution is 0.469. The van der Waals surface area contributed by atoms with Crippen LogP contribution in [-0.2, 0) is 11.1 Å². The van der Waals surface area contributed by atoms with Crippen molar-refractivity contribution < 1.29 is 0 Å². The summed E-state index contributed by atoms with van der Waals surface area (Å²) in [4.78, 5) is 0. The fourth-order valence-electron chi connectivity index (χ4n) is 14.0. The Hall–Kier alpha value is -7.88. The van der Waals surface area contributed by atoms with Crippen LogP contribution in [0.5, 0.6) is 0 Å². The number of nitrogens with two attached hydrogens (primary N) is 1. The van der Waals surface area contributed by atoms with Crippen LogP contribution < -0.4 is 11.1 Å². The van der Waals surface area contributed by atoms with Crippen LogP contribution in [0.4, 0.5) is 0 Å². The number of hydrogen-bond acceptors (Lipinski definition) is 2. The molecule has 2 heteroatoms. The van der Waals surface area contributed by atoms with Crippen LogP contribution in [0.15, 0.2) is 247 Å². The van der Waals surface area contributed by atoms with E-state index in [9.17, 15) is 0 Å². The number of benzene rings is 8. The molecule has 0 amide bonds. The smallest absolute Gasteiger partial charge is 0.120 e. The lowest BCUT2D eigenvalue weighted by atomic mass is 9.66. The van der Waals surface area contributed by atoms with Gasteiger partial charge in [-0.3, -0.25) is 5.32 Å². The van der Waals surface area contributed by atoms with E-state index in [1.54, 1.807) is 0 Å². The summed E-state index contributed by atoms with van der Waals surface area (Å²) in [5.74, 6) is 0.133. The molecule has 73 heavy (non-hydrogen) atoms. The van der Waals surface area contributed by atoms with Crippen LogP contribution >= 0.6 is 0 Å². The molecular weight excluding hydrogens is 881 g/mol. The van der Waals surface area contributed by atoms with Crippen molar-refractivity contribution >= 4 is 11.1 Å². The molecule has 0 bridgehead atoms. The molecule has 0 radical (unpaired) electrons. The number of allylic oxidation sites excluding steroid dienone is 12. The fourth-order valence-corrected chi connectivity index (χ4v) is 14.0. The highest BCUT2D eigenvalue weighted by atomic mass is 15.1. The number of nitrogens with one attached hydrogen (secondary N) is 1. The van der Waals surface area contributed by atoms with Crippen LogP contribution in [0.3, 0.4) is 0 Å². The predicted molar refractivity (Wildman–Crippen MR) is 303 cm³/mol. The summed E-state index contributed by atoms with van der Waals surface area (Å²) in [7, 11) is 1.99. The Labute approximate surface area is 430 Å². The van der Waals surface area contributed by atoms with Gasteiger partial charge in [0.15, 0.2) is 0 Å². The molecule has 4 unspecified atom stereocenters. The van der Waals surface area contributed by atoms with Crippen molar-refractivity contribution in [2.45, 2.75) is 61.4 Å². The molecule has 0 spiro atoms. The lowest BCUT2D eigenvalue weighted by Gasteiger charge is -2.36. The second-order valence-corrected chi connectivity index (χ2v) is 20.9. The largest absolute Gasteiger partial charge is 0.306 e. The van der Waals surface area contributed by atoms with Crippen LogP contribution in [0.25, 0.3) is 44.5 Å². The van der Waals surface area contributed by atoms with Gasteiger partial charge in [-0.2, -0.15) is 0 Å². The van der Waals surface area contributed by atoms with Gasteiger partial charge >= 0.3 is 0 Å². The van der Waals surface area contributed by atoms with Gasteiger partial charge in [-0.1, -0.05) is 218 Å². The van der Waals surface area contributed by atoms with Crippen LogP contribution in [-0.4, -0.2) is 7.05 Å². The molecule has 14 rings (SSSR count). The van der Waals surface area contributed by atoms with Gasteiger partial charge in [0, 0.05) is 11.8 Å². The molecule has 0 heterocycles. The maximum atomic E-state index is 7.39. The molecule has 352 valence electrons. The average molecular weight is 939 g/mol. The molecule has 8 aromatic carbocycles. The van der Waals surface area contributed by atoms with Gasteiger partial charge in [-0.25, -0.2) is 0 Å². The zero-order valence-corrected chi connectivity index (χ0v) is 41.4. The van der Waals surface area contributed by atoms with Crippen molar-refractivity contribution in [3.05, 3.63) is 309 Å². The maximum absolute atomic E-state index is 7.39. The summed E-state index contributed by atoms with van der Waals surface area (Å²) in [5, 5.41) is 3.54. The molecule has 6 aliphatic carbocycles. The van der Waals surface area contributed by atoms with E-state index in [1.165, 1.54) is 111 Å². The van der Waals surface area contributed by atoms with Crippen molar-refractivity contribution in [1.29, 1.82) is 0 Å². The Morgan fingerprint density at radius 3 is 1.85 bits per heavy atom. The first-order chi connectivity index (χ1) is 36.0. The van der Waals surface area contributed by atoms with E-state index in [-0.39, 0.29) is 11.8 Å². The minimum atomic E-state index is -0.777. The minimum Gasteiger partial charge on any atom is -0.306 e. The first kappa shape index (κ1) is 43.9. The zero-order valence-electron chi connectivity index (χ0n) is 41.4. The molecule has 2 nitrogen and oxygen atoms in total. The maximum Gasteiger partial charge on any atom is 0.120 e. The highest BCUT2D eigenvalue weighted by Crippen LogP contribution is 2.63. The van der Waals surface area contributed by atoms with E-state index in [2.05, 4.69) is 236 Å². The summed E-state index contributed by atoms with van der Waals surface area (Å²) in [6, 6.07) is 71.3. The first-order valence-electron chi connectivity index (χ1n) is 26.5. The zero-order chi connectivity index (χ0) is 48.7. The minimum absolute atomic E-state index is 0.0649. The van der Waals surface area contributed by atoms with E-state index in [0.717, 1.165) is 49.7 Å². The van der Waals surface area contributed by atoms with Gasteiger partial charge in [0.05, 0.1) is 5.41 Å². The molecule has 6 aliphatic rings. The molecule has 3 N–H and O–H groups in total. The average Bonchev–Trinajstić information content (AvgIpc) is 4.06. The van der Waals surface area contributed by atoms with Crippen LogP contribution in [0.1, 0.15) is 112 Å². The topological polar surface area (TPSA) is 38.0 Å². The summed E-state index contributed by atoms with van der Waals surface area (Å²) in [6.45, 7) is 0. The third kappa shape index (κ3) is 6.70. The Kier molecular flexibility index (Phi) is 10.5. The van der Waals surface area contributed by atoms with E-state index < -0.39 is 11.1 Å². The lowest BCUT2D eigenvalue weighted by Crippen LogP contribution is -2.48. The van der Waals surface area contributed by atoms with E-state index in [4.69, 9.17) is 5.73 Å². The van der Waals surface area contributed by atoms with Crippen LogP contribution in [0.2, 0.25) is 0 Å². The van der Waals surface area contributed by atoms with Crippen molar-refractivity contribution in [2.75, 3.05) is 7.05 Å². The number of rotatable bonds is 9. The molecule has 0 saturated heterocycles. The van der Waals surface area contributed by atoms with Gasteiger partial charge in [0.2, 0.25) is 0 Å². The third-order valence-corrected chi connectivity index (χ3v) is 17.2. The standard InChI is InChI=1S/C71H58N2/c1-73-71(72)64-35-19-16-30-57(64)58-40-38-50(45-66(58)71)67(48-25-10-4-11-26-48)49-37-39-56-55-29-14-15-31-59(55)68(62(56)44-49)61-33-20-36-65-69(61)60-32-17-18-34-63(60)70(65,53-27-12-5-13-28-53)54-42-51(46-21-6-2-7-22-46)41-52(43-54)47-23-8-3-9-24-47/h2-10,12-13,16,19-25,27-45,67-68,73H,11,14-15,17-18,26,72H2,1H3. The molecular formula is C71H58N2.